The van der Waals surface area contributed by atoms with Crippen LogP contribution in [0.4, 0.5) is 0 Å². The van der Waals surface area contributed by atoms with Gasteiger partial charge in [0.05, 0.1) is 17.2 Å². The van der Waals surface area contributed by atoms with Crippen molar-refractivity contribution in [2.24, 2.45) is 12.5 Å². The highest BCUT2D eigenvalue weighted by molar-refractivity contribution is 6.14. The van der Waals surface area contributed by atoms with Crippen LogP contribution >= 0.6 is 0 Å². The predicted octanol–water partition coefficient (Wildman–Crippen LogP) is 7.67. The van der Waals surface area contributed by atoms with Crippen LogP contribution in [-0.4, -0.2) is 0 Å². The fourth-order valence-corrected chi connectivity index (χ4v) is 5.21. The van der Waals surface area contributed by atoms with E-state index in [2.05, 4.69) is 6.07 Å². The molecule has 0 unspecified atom stereocenters. The fourth-order valence-electron chi connectivity index (χ4n) is 5.21. The molecule has 0 bridgehead atoms. The highest BCUT2D eigenvalue weighted by Gasteiger charge is 2.29. The first-order valence-corrected chi connectivity index (χ1v) is 11.7. The number of pyridine rings is 1. The normalized spacial score (nSPS) is 22.0. The van der Waals surface area contributed by atoms with Crippen LogP contribution in [0, 0.1) is 37.4 Å². The first-order valence-electron chi connectivity index (χ1n) is 16.7. The van der Waals surface area contributed by atoms with Crippen molar-refractivity contribution in [3.05, 3.63) is 88.1 Å². The van der Waals surface area contributed by atoms with Crippen molar-refractivity contribution >= 4 is 21.9 Å². The van der Waals surface area contributed by atoms with Crippen molar-refractivity contribution in [1.29, 1.82) is 5.26 Å². The number of hydrogen-bond donors (Lipinski definition) is 0. The van der Waals surface area contributed by atoms with Crippen molar-refractivity contribution in [3.63, 3.8) is 0 Å². The number of nitriles is 1. The summed E-state index contributed by atoms with van der Waals surface area (Å²) in [6.07, 6.45) is -2.61. The molecular weight excluding hydrogens is 440 g/mol. The Morgan fingerprint density at radius 2 is 1.64 bits per heavy atom. The quantitative estimate of drug-likeness (QED) is 0.243. The zero-order valence-electron chi connectivity index (χ0n) is 30.5. The largest absolute Gasteiger partial charge is 0.454 e. The number of fused-ring (bicyclic) bond motifs is 4. The maximum absolute atomic E-state index is 10.2. The maximum atomic E-state index is 10.2. The smallest absolute Gasteiger partial charge is 0.216 e. The number of aromatic nitrogens is 1. The standard InChI is InChI=1S/C33H31N2O/c1-19-7-11-26-27-12-10-24(17-34)30(22-8-9-23-15-33(4,5)16-25(23)14-22)32(27)36-31(26)29(19)28-13-20(2)21(3)18-35(28)6/h7-14,18H,15-16H2,1-6H3/q+1/i2D3,3D3,15D2,16D2. The molecule has 3 aromatic carbocycles. The molecular formula is C33H31N2O+. The number of nitrogens with zero attached hydrogens (tertiary/aromatic N) is 2. The van der Waals surface area contributed by atoms with E-state index in [9.17, 15) is 5.26 Å². The lowest BCUT2D eigenvalue weighted by molar-refractivity contribution is -0.660. The van der Waals surface area contributed by atoms with Crippen molar-refractivity contribution < 1.29 is 22.7 Å². The topological polar surface area (TPSA) is 40.8 Å². The van der Waals surface area contributed by atoms with Gasteiger partial charge in [0.2, 0.25) is 5.69 Å². The molecule has 0 radical (unpaired) electrons. The van der Waals surface area contributed by atoms with Gasteiger partial charge >= 0.3 is 0 Å². The number of benzene rings is 3. The van der Waals surface area contributed by atoms with E-state index in [1.54, 1.807) is 55.8 Å². The van der Waals surface area contributed by atoms with Crippen molar-refractivity contribution in [2.45, 2.75) is 47.2 Å². The van der Waals surface area contributed by atoms with E-state index in [0.717, 1.165) is 5.56 Å². The lowest BCUT2D eigenvalue weighted by atomic mass is 9.90. The highest BCUT2D eigenvalue weighted by Crippen LogP contribution is 2.44. The van der Waals surface area contributed by atoms with E-state index in [4.69, 9.17) is 18.1 Å². The Morgan fingerprint density at radius 3 is 2.39 bits per heavy atom. The summed E-state index contributed by atoms with van der Waals surface area (Å²) in [5.74, 6) is 0. The van der Waals surface area contributed by atoms with Crippen molar-refractivity contribution in [3.8, 4) is 28.5 Å². The van der Waals surface area contributed by atoms with Crippen LogP contribution in [0.1, 0.15) is 60.9 Å². The van der Waals surface area contributed by atoms with Gasteiger partial charge in [0.15, 0.2) is 6.20 Å². The van der Waals surface area contributed by atoms with E-state index in [0.29, 0.717) is 44.3 Å². The van der Waals surface area contributed by atoms with E-state index < -0.39 is 31.9 Å². The van der Waals surface area contributed by atoms with Crippen LogP contribution in [0.2, 0.25) is 0 Å². The molecule has 0 fully saturated rings. The Balaban J connectivity index is 1.67. The Kier molecular flexibility index (Phi) is 3.03. The molecule has 0 saturated heterocycles. The van der Waals surface area contributed by atoms with Gasteiger partial charge in [0, 0.05) is 41.7 Å². The molecule has 0 atom stereocenters. The molecule has 2 aromatic heterocycles. The summed E-state index contributed by atoms with van der Waals surface area (Å²) in [5.41, 5.74) is 2.28. The summed E-state index contributed by atoms with van der Waals surface area (Å²) in [7, 11) is 1.65. The van der Waals surface area contributed by atoms with Crippen LogP contribution in [0.15, 0.2) is 59.1 Å². The minimum atomic E-state index is -2.69. The molecule has 0 N–H and O–H groups in total. The fraction of sp³-hybridized carbons (Fsp3) is 0.273. The number of hydrogen-bond acceptors (Lipinski definition) is 2. The Morgan fingerprint density at radius 1 is 0.917 bits per heavy atom. The molecule has 0 spiro atoms. The lowest BCUT2D eigenvalue weighted by Gasteiger charge is -2.14. The molecule has 0 aliphatic heterocycles. The minimum Gasteiger partial charge on any atom is -0.454 e. The average molecular weight is 482 g/mol. The van der Waals surface area contributed by atoms with Gasteiger partial charge in [-0.25, -0.2) is 4.57 Å². The third-order valence-corrected chi connectivity index (χ3v) is 6.87. The van der Waals surface area contributed by atoms with Crippen molar-refractivity contribution in [1.82, 2.24) is 0 Å². The zero-order chi connectivity index (χ0) is 33.9. The zero-order valence-corrected chi connectivity index (χ0v) is 20.5. The van der Waals surface area contributed by atoms with Crippen LogP contribution in [0.3, 0.4) is 0 Å². The lowest BCUT2D eigenvalue weighted by Crippen LogP contribution is -2.31. The van der Waals surface area contributed by atoms with E-state index >= 15 is 0 Å². The van der Waals surface area contributed by atoms with Crippen LogP contribution < -0.4 is 4.57 Å². The maximum Gasteiger partial charge on any atom is 0.216 e. The predicted molar refractivity (Wildman–Crippen MR) is 146 cm³/mol. The van der Waals surface area contributed by atoms with Gasteiger partial charge in [-0.2, -0.15) is 5.26 Å². The second kappa shape index (κ2) is 7.80. The van der Waals surface area contributed by atoms with Gasteiger partial charge in [-0.3, -0.25) is 0 Å². The Bertz CT molecular complexity index is 2150. The Hall–Kier alpha value is -3.90. The molecule has 1 aliphatic rings. The van der Waals surface area contributed by atoms with Crippen LogP contribution in [0.25, 0.3) is 44.3 Å². The molecule has 1 aliphatic carbocycles. The van der Waals surface area contributed by atoms with E-state index in [1.807, 2.05) is 19.1 Å². The molecule has 36 heavy (non-hydrogen) atoms. The van der Waals surface area contributed by atoms with E-state index in [-0.39, 0.29) is 27.8 Å². The van der Waals surface area contributed by atoms with Gasteiger partial charge in [0.25, 0.3) is 0 Å². The molecule has 5 aromatic rings. The summed E-state index contributed by atoms with van der Waals surface area (Å²) >= 11 is 0. The van der Waals surface area contributed by atoms with Crippen LogP contribution in [-0.2, 0) is 19.8 Å². The molecule has 3 nitrogen and oxygen atoms in total. The summed E-state index contributed by atoms with van der Waals surface area (Å²) in [5, 5.41) is 11.5. The average Bonchev–Trinajstić information content (AvgIpc) is 3.37. The first kappa shape index (κ1) is 14.0. The van der Waals surface area contributed by atoms with Crippen LogP contribution in [0.5, 0.6) is 0 Å². The molecule has 3 heteroatoms. The highest BCUT2D eigenvalue weighted by atomic mass is 16.3. The third kappa shape index (κ3) is 3.36. The molecule has 0 saturated carbocycles. The summed E-state index contributed by atoms with van der Waals surface area (Å²) in [6, 6.07) is 15.6. The summed E-state index contributed by atoms with van der Waals surface area (Å²) in [4.78, 5) is 0. The molecule has 6 rings (SSSR count). The Labute approximate surface area is 226 Å². The van der Waals surface area contributed by atoms with Gasteiger partial charge in [-0.05, 0) is 78.7 Å². The third-order valence-electron chi connectivity index (χ3n) is 6.87. The summed E-state index contributed by atoms with van der Waals surface area (Å²) in [6.45, 7) is -0.364. The van der Waals surface area contributed by atoms with Gasteiger partial charge in [-0.15, -0.1) is 0 Å². The number of rotatable bonds is 2. The minimum absolute atomic E-state index is 0.215. The summed E-state index contributed by atoms with van der Waals surface area (Å²) < 4.78 is 91.5. The monoisotopic (exact) mass is 481 g/mol. The SMILES string of the molecule is [2H]C([2H])([2H])c1cc(-c2c(C)ccc3c2oc2c(-c4ccc5c(c4)C([2H])([2H])C(C)(C)C5([2H])[2H])c(C#N)ccc23)[n+](C)cc1C([2H])([2H])[2H]. The first-order chi connectivity index (χ1) is 21.1. The molecule has 0 amide bonds. The molecule has 178 valence electrons. The van der Waals surface area contributed by atoms with E-state index in [1.165, 1.54) is 12.3 Å². The number of aryl methyl sites for hydroxylation is 4. The van der Waals surface area contributed by atoms with Gasteiger partial charge in [-0.1, -0.05) is 44.2 Å². The number of furan rings is 1. The second-order valence-electron chi connectivity index (χ2n) is 9.95. The van der Waals surface area contributed by atoms with Gasteiger partial charge < -0.3 is 4.42 Å². The second-order valence-corrected chi connectivity index (χ2v) is 9.95. The van der Waals surface area contributed by atoms with Crippen molar-refractivity contribution in [2.75, 3.05) is 0 Å². The van der Waals surface area contributed by atoms with Gasteiger partial charge in [0.1, 0.15) is 18.2 Å². The molecule has 2 heterocycles.